The molecule has 1 aliphatic carbocycles. The number of likely N-dealkylation sites (N-methyl/N-ethyl adjacent to an activating group) is 1. The average molecular weight is 578 g/mol. The smallest absolute Gasteiger partial charge is 0.329 e. The standard InChI is InChI=1S/C29H43N3O7S/c1-7-32(8-2)24(34)18-39-27(36)23(17-21-11-13-22(38-6)14-12-21)30-28(37)29(15-9-10-16-29)31-26(35)25(19(3)4)40-20(5)33/h11-14,19,23,25H,7-10,15-18H2,1-6H3,(H,30,37)(H,31,35)/t23-,25-/m0/s1. The zero-order valence-corrected chi connectivity index (χ0v) is 25.2. The Bertz CT molecular complexity index is 1030. The van der Waals surface area contributed by atoms with E-state index in [-0.39, 0.29) is 29.3 Å². The Morgan fingerprint density at radius 1 is 1.02 bits per heavy atom. The quantitative estimate of drug-likeness (QED) is 0.323. The first kappa shape index (κ1) is 33.1. The van der Waals surface area contributed by atoms with Crippen molar-refractivity contribution in [3.05, 3.63) is 29.8 Å². The van der Waals surface area contributed by atoms with Crippen LogP contribution in [-0.2, 0) is 35.1 Å². The molecule has 1 fully saturated rings. The van der Waals surface area contributed by atoms with E-state index in [0.29, 0.717) is 31.7 Å². The fraction of sp³-hybridized carbons (Fsp3) is 0.621. The van der Waals surface area contributed by atoms with Gasteiger partial charge in [-0.05, 0) is 50.3 Å². The van der Waals surface area contributed by atoms with Crippen LogP contribution in [0.3, 0.4) is 0 Å². The van der Waals surface area contributed by atoms with E-state index in [1.54, 1.807) is 36.3 Å². The van der Waals surface area contributed by atoms with Crippen molar-refractivity contribution in [2.24, 2.45) is 5.92 Å². The summed E-state index contributed by atoms with van der Waals surface area (Å²) in [5, 5.41) is 4.92. The fourth-order valence-corrected chi connectivity index (χ4v) is 5.55. The van der Waals surface area contributed by atoms with Gasteiger partial charge in [-0.2, -0.15) is 0 Å². The normalized spacial score (nSPS) is 15.6. The molecular formula is C29H43N3O7S. The molecule has 3 amide bonds. The lowest BCUT2D eigenvalue weighted by Gasteiger charge is -2.33. The van der Waals surface area contributed by atoms with Crippen LogP contribution in [0.25, 0.3) is 0 Å². The van der Waals surface area contributed by atoms with Gasteiger partial charge in [-0.3, -0.25) is 19.2 Å². The number of hydrogen-bond donors (Lipinski definition) is 2. The number of thioether (sulfide) groups is 1. The Morgan fingerprint density at radius 3 is 2.12 bits per heavy atom. The average Bonchev–Trinajstić information content (AvgIpc) is 3.40. The van der Waals surface area contributed by atoms with E-state index in [2.05, 4.69) is 10.6 Å². The van der Waals surface area contributed by atoms with Crippen molar-refractivity contribution in [3.8, 4) is 5.75 Å². The molecule has 222 valence electrons. The van der Waals surface area contributed by atoms with E-state index in [9.17, 15) is 24.0 Å². The Balaban J connectivity index is 2.27. The van der Waals surface area contributed by atoms with Crippen molar-refractivity contribution in [3.63, 3.8) is 0 Å². The Hall–Kier alpha value is -3.08. The van der Waals surface area contributed by atoms with Crippen LogP contribution in [-0.4, -0.2) is 77.3 Å². The van der Waals surface area contributed by atoms with Gasteiger partial charge in [0.25, 0.3) is 5.91 Å². The van der Waals surface area contributed by atoms with Gasteiger partial charge >= 0.3 is 5.97 Å². The van der Waals surface area contributed by atoms with Crippen molar-refractivity contribution in [2.75, 3.05) is 26.8 Å². The van der Waals surface area contributed by atoms with Gasteiger partial charge in [0.05, 0.1) is 12.4 Å². The minimum Gasteiger partial charge on any atom is -0.497 e. The van der Waals surface area contributed by atoms with Crippen LogP contribution in [0.5, 0.6) is 5.75 Å². The van der Waals surface area contributed by atoms with Crippen molar-refractivity contribution in [1.29, 1.82) is 0 Å². The summed E-state index contributed by atoms with van der Waals surface area (Å²) in [5.41, 5.74) is -0.461. The van der Waals surface area contributed by atoms with Crippen molar-refractivity contribution >= 4 is 40.6 Å². The van der Waals surface area contributed by atoms with E-state index in [1.807, 2.05) is 27.7 Å². The monoisotopic (exact) mass is 577 g/mol. The molecule has 1 aliphatic rings. The molecule has 1 aromatic carbocycles. The number of ether oxygens (including phenoxy) is 2. The zero-order chi connectivity index (χ0) is 29.9. The largest absolute Gasteiger partial charge is 0.497 e. The minimum absolute atomic E-state index is 0.118. The van der Waals surface area contributed by atoms with Crippen LogP contribution < -0.4 is 15.4 Å². The van der Waals surface area contributed by atoms with Gasteiger partial charge in [0, 0.05) is 26.4 Å². The first-order valence-electron chi connectivity index (χ1n) is 13.8. The van der Waals surface area contributed by atoms with Gasteiger partial charge in [-0.25, -0.2) is 4.79 Å². The molecule has 40 heavy (non-hydrogen) atoms. The summed E-state index contributed by atoms with van der Waals surface area (Å²) in [4.78, 5) is 66.0. The number of carbonyl (C=O) groups is 5. The Labute approximate surface area is 241 Å². The predicted octanol–water partition coefficient (Wildman–Crippen LogP) is 2.87. The maximum absolute atomic E-state index is 13.8. The lowest BCUT2D eigenvalue weighted by molar-refractivity contribution is -0.154. The van der Waals surface area contributed by atoms with Gasteiger partial charge < -0.3 is 25.0 Å². The molecule has 0 saturated heterocycles. The van der Waals surface area contributed by atoms with Crippen LogP contribution >= 0.6 is 11.8 Å². The number of rotatable bonds is 14. The van der Waals surface area contributed by atoms with E-state index < -0.39 is 35.3 Å². The van der Waals surface area contributed by atoms with Gasteiger partial charge in [-0.15, -0.1) is 0 Å². The molecule has 2 atom stereocenters. The molecular weight excluding hydrogens is 534 g/mol. The SMILES string of the molecule is CCN(CC)C(=O)COC(=O)[C@H](Cc1ccc(OC)cc1)NC(=O)C1(NC(=O)[C@@H](SC(C)=O)C(C)C)CCCC1. The predicted molar refractivity (Wildman–Crippen MR) is 154 cm³/mol. The van der Waals surface area contributed by atoms with Gasteiger partial charge in [-0.1, -0.05) is 50.6 Å². The lowest BCUT2D eigenvalue weighted by atomic mass is 9.94. The van der Waals surface area contributed by atoms with Crippen molar-refractivity contribution in [2.45, 2.75) is 83.6 Å². The Morgan fingerprint density at radius 2 is 1.62 bits per heavy atom. The van der Waals surface area contributed by atoms with E-state index in [1.165, 1.54) is 6.92 Å². The lowest BCUT2D eigenvalue weighted by Crippen LogP contribution is -2.61. The number of benzene rings is 1. The molecule has 1 saturated carbocycles. The van der Waals surface area contributed by atoms with Crippen LogP contribution in [0.1, 0.15) is 65.9 Å². The summed E-state index contributed by atoms with van der Waals surface area (Å²) >= 11 is 0.945. The van der Waals surface area contributed by atoms with Crippen LogP contribution in [0.15, 0.2) is 24.3 Å². The zero-order valence-electron chi connectivity index (χ0n) is 24.4. The van der Waals surface area contributed by atoms with Crippen molar-refractivity contribution in [1.82, 2.24) is 15.5 Å². The molecule has 2 N–H and O–H groups in total. The molecule has 0 aromatic heterocycles. The second kappa shape index (κ2) is 15.6. The molecule has 0 aliphatic heterocycles. The third-order valence-electron chi connectivity index (χ3n) is 7.05. The third-order valence-corrected chi connectivity index (χ3v) is 8.40. The maximum atomic E-state index is 13.8. The number of carbonyl (C=O) groups excluding carboxylic acids is 5. The minimum atomic E-state index is -1.21. The number of methoxy groups -OCH3 is 1. The molecule has 11 heteroatoms. The van der Waals surface area contributed by atoms with E-state index in [4.69, 9.17) is 9.47 Å². The van der Waals surface area contributed by atoms with Gasteiger partial charge in [0.2, 0.25) is 11.8 Å². The molecule has 1 aromatic rings. The molecule has 0 spiro atoms. The molecule has 0 radical (unpaired) electrons. The van der Waals surface area contributed by atoms with Gasteiger partial charge in [0.1, 0.15) is 17.3 Å². The molecule has 0 heterocycles. The number of amides is 3. The maximum Gasteiger partial charge on any atom is 0.329 e. The summed E-state index contributed by atoms with van der Waals surface area (Å²) in [7, 11) is 1.55. The summed E-state index contributed by atoms with van der Waals surface area (Å²) in [6, 6.07) is 5.98. The number of nitrogens with one attached hydrogen (secondary N) is 2. The highest BCUT2D eigenvalue weighted by Gasteiger charge is 2.45. The summed E-state index contributed by atoms with van der Waals surface area (Å²) in [5.74, 6) is -1.42. The van der Waals surface area contributed by atoms with Crippen LogP contribution in [0.2, 0.25) is 0 Å². The molecule has 10 nitrogen and oxygen atoms in total. The highest BCUT2D eigenvalue weighted by Crippen LogP contribution is 2.32. The number of esters is 1. The topological polar surface area (TPSA) is 131 Å². The Kier molecular flexibility index (Phi) is 13.0. The molecule has 0 unspecified atom stereocenters. The highest BCUT2D eigenvalue weighted by atomic mass is 32.2. The highest BCUT2D eigenvalue weighted by molar-refractivity contribution is 8.14. The van der Waals surface area contributed by atoms with Crippen molar-refractivity contribution < 1.29 is 33.4 Å². The number of nitrogens with zero attached hydrogens (tertiary/aromatic N) is 1. The summed E-state index contributed by atoms with van der Waals surface area (Å²) in [6.07, 6.45) is 2.39. The summed E-state index contributed by atoms with van der Waals surface area (Å²) in [6.45, 7) is 9.32. The van der Waals surface area contributed by atoms with E-state index in [0.717, 1.165) is 30.2 Å². The summed E-state index contributed by atoms with van der Waals surface area (Å²) < 4.78 is 10.6. The third kappa shape index (κ3) is 9.25. The molecule has 0 bridgehead atoms. The first-order chi connectivity index (χ1) is 19.0. The number of hydrogen-bond acceptors (Lipinski definition) is 8. The van der Waals surface area contributed by atoms with Crippen LogP contribution in [0, 0.1) is 5.92 Å². The second-order valence-corrected chi connectivity index (χ2v) is 11.6. The first-order valence-corrected chi connectivity index (χ1v) is 14.7. The second-order valence-electron chi connectivity index (χ2n) is 10.3. The van der Waals surface area contributed by atoms with Crippen LogP contribution in [0.4, 0.5) is 0 Å². The molecule has 2 rings (SSSR count). The fourth-order valence-electron chi connectivity index (χ4n) is 4.75. The van der Waals surface area contributed by atoms with E-state index >= 15 is 0 Å². The van der Waals surface area contributed by atoms with Gasteiger partial charge in [0.15, 0.2) is 11.7 Å².